The van der Waals surface area contributed by atoms with Crippen LogP contribution >= 0.6 is 15.9 Å². The third kappa shape index (κ3) is 2.38. The van der Waals surface area contributed by atoms with Gasteiger partial charge in [-0.25, -0.2) is 0 Å². The third-order valence-electron chi connectivity index (χ3n) is 2.35. The fraction of sp³-hybridized carbons (Fsp3) is 0.600. The molecule has 0 N–H and O–H groups in total. The molecule has 1 aromatic rings. The molecule has 0 aliphatic carbocycles. The summed E-state index contributed by atoms with van der Waals surface area (Å²) in [6.07, 6.45) is 0. The van der Waals surface area contributed by atoms with Crippen molar-refractivity contribution in [2.75, 3.05) is 26.3 Å². The molecule has 1 aromatic heterocycles. The van der Waals surface area contributed by atoms with Gasteiger partial charge in [0.1, 0.15) is 11.5 Å². The molecule has 78 valence electrons. The number of nitrogens with zero attached hydrogens (tertiary/aromatic N) is 1. The van der Waals surface area contributed by atoms with Crippen LogP contribution in [0, 0.1) is 6.92 Å². The second kappa shape index (κ2) is 4.47. The van der Waals surface area contributed by atoms with Gasteiger partial charge in [0.25, 0.3) is 0 Å². The fourth-order valence-electron chi connectivity index (χ4n) is 1.60. The summed E-state index contributed by atoms with van der Waals surface area (Å²) >= 11 is 3.49. The fourth-order valence-corrected chi connectivity index (χ4v) is 2.13. The van der Waals surface area contributed by atoms with Crippen molar-refractivity contribution in [3.8, 4) is 0 Å². The molecule has 0 spiro atoms. The van der Waals surface area contributed by atoms with Gasteiger partial charge in [0.05, 0.1) is 24.2 Å². The van der Waals surface area contributed by atoms with E-state index >= 15 is 0 Å². The maximum absolute atomic E-state index is 5.59. The van der Waals surface area contributed by atoms with E-state index < -0.39 is 0 Å². The summed E-state index contributed by atoms with van der Waals surface area (Å²) in [5, 5.41) is 0. The molecule has 0 unspecified atom stereocenters. The lowest BCUT2D eigenvalue weighted by molar-refractivity contribution is 0.0311. The molecule has 0 atom stereocenters. The lowest BCUT2D eigenvalue weighted by Crippen LogP contribution is -2.35. The van der Waals surface area contributed by atoms with Crippen LogP contribution in [0.2, 0.25) is 0 Å². The maximum Gasteiger partial charge on any atom is 0.132 e. The SMILES string of the molecule is Cc1cc(Br)c(CN2CCOCC2)o1. The Morgan fingerprint density at radius 3 is 2.71 bits per heavy atom. The van der Waals surface area contributed by atoms with Crippen LogP contribution in [0.15, 0.2) is 15.0 Å². The number of hydrogen-bond acceptors (Lipinski definition) is 3. The lowest BCUT2D eigenvalue weighted by Gasteiger charge is -2.25. The average molecular weight is 260 g/mol. The summed E-state index contributed by atoms with van der Waals surface area (Å²) in [4.78, 5) is 2.34. The Hall–Kier alpha value is -0.320. The highest BCUT2D eigenvalue weighted by Gasteiger charge is 2.14. The highest BCUT2D eigenvalue weighted by Crippen LogP contribution is 2.22. The summed E-state index contributed by atoms with van der Waals surface area (Å²) in [5.74, 6) is 1.98. The highest BCUT2D eigenvalue weighted by molar-refractivity contribution is 9.10. The molecule has 0 saturated carbocycles. The van der Waals surface area contributed by atoms with E-state index in [0.29, 0.717) is 0 Å². The van der Waals surface area contributed by atoms with Crippen molar-refractivity contribution in [1.82, 2.24) is 4.90 Å². The highest BCUT2D eigenvalue weighted by atomic mass is 79.9. The molecule has 4 heteroatoms. The van der Waals surface area contributed by atoms with Crippen molar-refractivity contribution < 1.29 is 9.15 Å². The molecular formula is C10H14BrNO2. The summed E-state index contributed by atoms with van der Waals surface area (Å²) in [6.45, 7) is 6.48. The van der Waals surface area contributed by atoms with Gasteiger partial charge in [-0.3, -0.25) is 4.90 Å². The Balaban J connectivity index is 1.98. The van der Waals surface area contributed by atoms with Crippen molar-refractivity contribution in [3.05, 3.63) is 22.1 Å². The van der Waals surface area contributed by atoms with Crippen LogP contribution in [-0.4, -0.2) is 31.2 Å². The Kier molecular flexibility index (Phi) is 3.26. The predicted octanol–water partition coefficient (Wildman–Crippen LogP) is 2.18. The zero-order valence-corrected chi connectivity index (χ0v) is 9.84. The number of morpholine rings is 1. The normalized spacial score (nSPS) is 18.7. The second-order valence-corrected chi connectivity index (χ2v) is 4.37. The van der Waals surface area contributed by atoms with Gasteiger partial charge in [0.15, 0.2) is 0 Å². The quantitative estimate of drug-likeness (QED) is 0.815. The molecule has 1 aliphatic heterocycles. The van der Waals surface area contributed by atoms with E-state index in [-0.39, 0.29) is 0 Å². The van der Waals surface area contributed by atoms with Gasteiger partial charge in [-0.05, 0) is 28.9 Å². The molecule has 1 saturated heterocycles. The number of hydrogen-bond donors (Lipinski definition) is 0. The van der Waals surface area contributed by atoms with Crippen molar-refractivity contribution >= 4 is 15.9 Å². The maximum atomic E-state index is 5.59. The van der Waals surface area contributed by atoms with Gasteiger partial charge in [-0.15, -0.1) is 0 Å². The number of aryl methyl sites for hydroxylation is 1. The number of halogens is 1. The van der Waals surface area contributed by atoms with Crippen molar-refractivity contribution in [1.29, 1.82) is 0 Å². The van der Waals surface area contributed by atoms with Crippen LogP contribution in [0.5, 0.6) is 0 Å². The molecular weight excluding hydrogens is 246 g/mol. The standard InChI is InChI=1S/C10H14BrNO2/c1-8-6-9(11)10(14-8)7-12-2-4-13-5-3-12/h6H,2-5,7H2,1H3. The molecule has 0 amide bonds. The monoisotopic (exact) mass is 259 g/mol. The Bertz CT molecular complexity index is 305. The minimum atomic E-state index is 0.831. The summed E-state index contributed by atoms with van der Waals surface area (Å²) in [6, 6.07) is 2.01. The second-order valence-electron chi connectivity index (χ2n) is 3.52. The zero-order valence-electron chi connectivity index (χ0n) is 8.25. The summed E-state index contributed by atoms with van der Waals surface area (Å²) in [5.41, 5.74) is 0. The van der Waals surface area contributed by atoms with Crippen LogP contribution in [0.3, 0.4) is 0 Å². The van der Waals surface area contributed by atoms with E-state index in [1.165, 1.54) is 0 Å². The lowest BCUT2D eigenvalue weighted by atomic mass is 10.3. The molecule has 3 nitrogen and oxygen atoms in total. The molecule has 0 aromatic carbocycles. The van der Waals surface area contributed by atoms with Crippen molar-refractivity contribution in [2.45, 2.75) is 13.5 Å². The van der Waals surface area contributed by atoms with E-state index in [0.717, 1.165) is 48.8 Å². The Morgan fingerprint density at radius 1 is 1.43 bits per heavy atom. The minimum Gasteiger partial charge on any atom is -0.464 e. The number of ether oxygens (including phenoxy) is 1. The van der Waals surface area contributed by atoms with Crippen molar-refractivity contribution in [2.24, 2.45) is 0 Å². The molecule has 14 heavy (non-hydrogen) atoms. The van der Waals surface area contributed by atoms with Gasteiger partial charge in [-0.1, -0.05) is 0 Å². The molecule has 2 heterocycles. The first-order chi connectivity index (χ1) is 6.75. The van der Waals surface area contributed by atoms with Gasteiger partial charge in [0, 0.05) is 13.1 Å². The van der Waals surface area contributed by atoms with E-state index in [2.05, 4.69) is 20.8 Å². The van der Waals surface area contributed by atoms with Crippen molar-refractivity contribution in [3.63, 3.8) is 0 Å². The molecule has 2 rings (SSSR count). The van der Waals surface area contributed by atoms with Crippen LogP contribution < -0.4 is 0 Å². The topological polar surface area (TPSA) is 25.6 Å². The Morgan fingerprint density at radius 2 is 2.14 bits per heavy atom. The summed E-state index contributed by atoms with van der Waals surface area (Å²) < 4.78 is 11.9. The number of furan rings is 1. The molecule has 0 radical (unpaired) electrons. The van der Waals surface area contributed by atoms with E-state index in [9.17, 15) is 0 Å². The van der Waals surface area contributed by atoms with E-state index in [4.69, 9.17) is 9.15 Å². The first kappa shape index (κ1) is 10.2. The van der Waals surface area contributed by atoms with Gasteiger partial charge in [-0.2, -0.15) is 0 Å². The van der Waals surface area contributed by atoms with Crippen LogP contribution in [-0.2, 0) is 11.3 Å². The van der Waals surface area contributed by atoms with Crippen LogP contribution in [0.1, 0.15) is 11.5 Å². The van der Waals surface area contributed by atoms with E-state index in [1.54, 1.807) is 0 Å². The molecule has 1 aliphatic rings. The largest absolute Gasteiger partial charge is 0.464 e. The van der Waals surface area contributed by atoms with Crippen LogP contribution in [0.4, 0.5) is 0 Å². The van der Waals surface area contributed by atoms with E-state index in [1.807, 2.05) is 13.0 Å². The van der Waals surface area contributed by atoms with Gasteiger partial charge < -0.3 is 9.15 Å². The predicted molar refractivity (Wildman–Crippen MR) is 57.2 cm³/mol. The third-order valence-corrected chi connectivity index (χ3v) is 3.02. The number of rotatable bonds is 2. The van der Waals surface area contributed by atoms with Gasteiger partial charge >= 0.3 is 0 Å². The minimum absolute atomic E-state index is 0.831. The smallest absolute Gasteiger partial charge is 0.132 e. The zero-order chi connectivity index (χ0) is 9.97. The first-order valence-electron chi connectivity index (χ1n) is 4.80. The Labute approximate surface area is 92.2 Å². The summed E-state index contributed by atoms with van der Waals surface area (Å²) in [7, 11) is 0. The first-order valence-corrected chi connectivity index (χ1v) is 5.60. The molecule has 1 fully saturated rings. The average Bonchev–Trinajstić information content (AvgIpc) is 2.47. The molecule has 0 bridgehead atoms. The van der Waals surface area contributed by atoms with Crippen LogP contribution in [0.25, 0.3) is 0 Å². The van der Waals surface area contributed by atoms with Gasteiger partial charge in [0.2, 0.25) is 0 Å².